The van der Waals surface area contributed by atoms with Crippen molar-refractivity contribution < 1.29 is 9.90 Å². The molecule has 2 rings (SSSR count). The van der Waals surface area contributed by atoms with Crippen LogP contribution in [0.2, 0.25) is 0 Å². The fourth-order valence-corrected chi connectivity index (χ4v) is 2.40. The van der Waals surface area contributed by atoms with Gasteiger partial charge in [0.1, 0.15) is 5.75 Å². The number of aromatic hydroxyl groups is 1. The summed E-state index contributed by atoms with van der Waals surface area (Å²) in [5, 5.41) is 9.47. The number of amides is 1. The number of hydrogen-bond acceptors (Lipinski definition) is 2. The van der Waals surface area contributed by atoms with E-state index in [1.165, 1.54) is 4.90 Å². The van der Waals surface area contributed by atoms with Gasteiger partial charge in [0, 0.05) is 22.4 Å². The van der Waals surface area contributed by atoms with Crippen LogP contribution in [0.4, 0.5) is 5.69 Å². The molecule has 0 aliphatic rings. The summed E-state index contributed by atoms with van der Waals surface area (Å²) in [5.41, 5.74) is 2.42. The number of anilines is 1. The van der Waals surface area contributed by atoms with E-state index in [9.17, 15) is 9.90 Å². The number of phenols is 1. The van der Waals surface area contributed by atoms with Crippen LogP contribution < -0.4 is 4.90 Å². The van der Waals surface area contributed by atoms with Gasteiger partial charge in [-0.3, -0.25) is 4.79 Å². The maximum Gasteiger partial charge on any atom is 0.259 e. The number of carbonyl (C=O) groups excluding carboxylic acids is 1. The lowest BCUT2D eigenvalue weighted by Crippen LogP contribution is -2.27. The number of nitrogens with zero attached hydrogens (tertiary/aromatic N) is 1. The molecule has 19 heavy (non-hydrogen) atoms. The molecule has 4 heteroatoms. The van der Waals surface area contributed by atoms with Gasteiger partial charge in [0.2, 0.25) is 0 Å². The van der Waals surface area contributed by atoms with Crippen LogP contribution in [-0.4, -0.2) is 18.1 Å². The lowest BCUT2D eigenvalue weighted by atomic mass is 10.1. The molecule has 0 heterocycles. The Labute approximate surface area is 126 Å². The van der Waals surface area contributed by atoms with Crippen LogP contribution in [-0.2, 0) is 0 Å². The Morgan fingerprint density at radius 3 is 2.58 bits per heavy atom. The summed E-state index contributed by atoms with van der Waals surface area (Å²) < 4.78 is 0.956. The molecule has 0 saturated carbocycles. The average molecular weight is 367 g/mol. The van der Waals surface area contributed by atoms with E-state index in [1.807, 2.05) is 25.1 Å². The van der Waals surface area contributed by atoms with Crippen molar-refractivity contribution >= 4 is 34.2 Å². The highest BCUT2D eigenvalue weighted by Crippen LogP contribution is 2.23. The first kappa shape index (κ1) is 13.9. The highest BCUT2D eigenvalue weighted by atomic mass is 127. The highest BCUT2D eigenvalue weighted by molar-refractivity contribution is 14.1. The van der Waals surface area contributed by atoms with Gasteiger partial charge in [-0.25, -0.2) is 0 Å². The first-order valence-electron chi connectivity index (χ1n) is 5.83. The van der Waals surface area contributed by atoms with E-state index in [2.05, 4.69) is 22.6 Å². The number of rotatable bonds is 2. The Morgan fingerprint density at radius 1 is 1.21 bits per heavy atom. The van der Waals surface area contributed by atoms with Crippen LogP contribution >= 0.6 is 22.6 Å². The lowest BCUT2D eigenvalue weighted by Gasteiger charge is -2.18. The minimum atomic E-state index is -0.0845. The van der Waals surface area contributed by atoms with Crippen LogP contribution in [0.15, 0.2) is 42.5 Å². The largest absolute Gasteiger partial charge is 0.508 e. The Morgan fingerprint density at radius 2 is 1.89 bits per heavy atom. The minimum Gasteiger partial charge on any atom is -0.508 e. The summed E-state index contributed by atoms with van der Waals surface area (Å²) in [6.45, 7) is 1.98. The Balaban J connectivity index is 2.36. The quantitative estimate of drug-likeness (QED) is 0.825. The zero-order valence-electron chi connectivity index (χ0n) is 10.7. The molecule has 1 amide bonds. The third-order valence-electron chi connectivity index (χ3n) is 2.94. The van der Waals surface area contributed by atoms with Gasteiger partial charge < -0.3 is 10.0 Å². The van der Waals surface area contributed by atoms with Crippen molar-refractivity contribution in [1.29, 1.82) is 0 Å². The summed E-state index contributed by atoms with van der Waals surface area (Å²) in [7, 11) is 1.70. The average Bonchev–Trinajstić information content (AvgIpc) is 2.40. The van der Waals surface area contributed by atoms with Crippen molar-refractivity contribution in [3.8, 4) is 5.75 Å². The second-order valence-corrected chi connectivity index (χ2v) is 5.40. The first-order valence-corrected chi connectivity index (χ1v) is 6.91. The molecule has 0 aliphatic heterocycles. The van der Waals surface area contributed by atoms with E-state index in [1.54, 1.807) is 31.3 Å². The fourth-order valence-electron chi connectivity index (χ4n) is 1.81. The van der Waals surface area contributed by atoms with Crippen molar-refractivity contribution in [1.82, 2.24) is 0 Å². The van der Waals surface area contributed by atoms with Crippen molar-refractivity contribution in [2.24, 2.45) is 0 Å². The first-order chi connectivity index (χ1) is 9.00. The van der Waals surface area contributed by atoms with Gasteiger partial charge in [-0.15, -0.1) is 0 Å². The van der Waals surface area contributed by atoms with Gasteiger partial charge in [0.15, 0.2) is 0 Å². The monoisotopic (exact) mass is 367 g/mol. The van der Waals surface area contributed by atoms with Gasteiger partial charge in [-0.2, -0.15) is 0 Å². The van der Waals surface area contributed by atoms with Gasteiger partial charge in [0.05, 0.1) is 5.56 Å². The second kappa shape index (κ2) is 5.61. The number of aryl methyl sites for hydroxylation is 1. The number of hydrogen-bond donors (Lipinski definition) is 1. The molecule has 3 nitrogen and oxygen atoms in total. The van der Waals surface area contributed by atoms with Crippen LogP contribution in [0.5, 0.6) is 5.75 Å². The third kappa shape index (κ3) is 2.89. The Bertz CT molecular complexity index is 625. The van der Waals surface area contributed by atoms with Crippen LogP contribution in [0, 0.1) is 10.5 Å². The number of benzene rings is 2. The van der Waals surface area contributed by atoms with Crippen molar-refractivity contribution in [3.05, 3.63) is 57.2 Å². The summed E-state index contributed by atoms with van der Waals surface area (Å²) in [5.74, 6) is 0.0646. The molecular weight excluding hydrogens is 353 g/mol. The predicted octanol–water partition coefficient (Wildman–Crippen LogP) is 3.58. The topological polar surface area (TPSA) is 40.5 Å². The summed E-state index contributed by atoms with van der Waals surface area (Å²) in [4.78, 5) is 14.0. The van der Waals surface area contributed by atoms with Gasteiger partial charge in [-0.05, 0) is 53.3 Å². The third-order valence-corrected chi connectivity index (χ3v) is 4.38. The zero-order chi connectivity index (χ0) is 14.0. The lowest BCUT2D eigenvalue weighted by molar-refractivity contribution is 0.0992. The summed E-state index contributed by atoms with van der Waals surface area (Å²) in [6, 6.07) is 12.3. The van der Waals surface area contributed by atoms with Crippen LogP contribution in [0.3, 0.4) is 0 Å². The molecular formula is C15H14INO2. The Kier molecular flexibility index (Phi) is 4.09. The maximum atomic E-state index is 12.5. The van der Waals surface area contributed by atoms with E-state index in [0.717, 1.165) is 9.13 Å². The van der Waals surface area contributed by atoms with E-state index in [0.29, 0.717) is 11.3 Å². The van der Waals surface area contributed by atoms with Crippen LogP contribution in [0.25, 0.3) is 0 Å². The molecule has 0 fully saturated rings. The zero-order valence-corrected chi connectivity index (χ0v) is 12.9. The molecule has 0 spiro atoms. The molecule has 0 bridgehead atoms. The predicted molar refractivity (Wildman–Crippen MR) is 84.7 cm³/mol. The maximum absolute atomic E-state index is 12.5. The molecule has 0 saturated heterocycles. The molecule has 2 aromatic rings. The normalized spacial score (nSPS) is 10.3. The van der Waals surface area contributed by atoms with Crippen molar-refractivity contribution in [2.45, 2.75) is 6.92 Å². The van der Waals surface area contributed by atoms with E-state index < -0.39 is 0 Å². The smallest absolute Gasteiger partial charge is 0.259 e. The van der Waals surface area contributed by atoms with E-state index in [-0.39, 0.29) is 11.7 Å². The molecule has 98 valence electrons. The number of halogens is 1. The minimum absolute atomic E-state index is 0.0845. The fraction of sp³-hybridized carbons (Fsp3) is 0.133. The van der Waals surface area contributed by atoms with Crippen molar-refractivity contribution in [3.63, 3.8) is 0 Å². The number of carbonyl (C=O) groups is 1. The molecule has 0 aromatic heterocycles. The van der Waals surface area contributed by atoms with E-state index >= 15 is 0 Å². The highest BCUT2D eigenvalue weighted by Gasteiger charge is 2.17. The second-order valence-electron chi connectivity index (χ2n) is 4.32. The Hall–Kier alpha value is -1.56. The molecule has 0 aliphatic carbocycles. The number of phenolic OH excluding ortho intramolecular Hbond substituents is 1. The molecule has 0 radical (unpaired) electrons. The van der Waals surface area contributed by atoms with Crippen molar-refractivity contribution in [2.75, 3.05) is 11.9 Å². The van der Waals surface area contributed by atoms with Crippen LogP contribution in [0.1, 0.15) is 15.9 Å². The molecule has 2 aromatic carbocycles. The summed E-state index contributed by atoms with van der Waals surface area (Å²) >= 11 is 2.18. The molecule has 0 unspecified atom stereocenters. The SMILES string of the molecule is Cc1cccc(C(=O)N(C)c2cccc(O)c2)c1I. The standard InChI is InChI=1S/C15H14INO2/c1-10-5-3-8-13(14(10)16)15(19)17(2)11-6-4-7-12(18)9-11/h3-9,18H,1-2H3. The molecule has 1 N–H and O–H groups in total. The summed E-state index contributed by atoms with van der Waals surface area (Å²) in [6.07, 6.45) is 0. The van der Waals surface area contributed by atoms with Gasteiger partial charge in [0.25, 0.3) is 5.91 Å². The molecule has 0 atom stereocenters. The van der Waals surface area contributed by atoms with Gasteiger partial charge in [-0.1, -0.05) is 18.2 Å². The van der Waals surface area contributed by atoms with E-state index in [4.69, 9.17) is 0 Å². The van der Waals surface area contributed by atoms with Gasteiger partial charge >= 0.3 is 0 Å².